The highest BCUT2D eigenvalue weighted by Gasteiger charge is 2.39. The van der Waals surface area contributed by atoms with Gasteiger partial charge in [0.05, 0.1) is 29.8 Å². The number of amides is 5. The molecule has 7 rings (SSSR count). The number of thiazole rings is 1. The van der Waals surface area contributed by atoms with E-state index in [-0.39, 0.29) is 79.3 Å². The molecule has 3 atom stereocenters. The molecule has 47 heavy (non-hydrogen) atoms. The summed E-state index contributed by atoms with van der Waals surface area (Å²) in [4.78, 5) is 83.3. The molecule has 0 saturated carbocycles. The molecular formula is C34H50N6O6S. The number of rotatable bonds is 6. The maximum absolute atomic E-state index is 14.2. The van der Waals surface area contributed by atoms with Gasteiger partial charge in [-0.1, -0.05) is 0 Å². The molecule has 4 saturated heterocycles. The first kappa shape index (κ1) is 33.8. The van der Waals surface area contributed by atoms with Crippen molar-refractivity contribution < 1.29 is 28.7 Å². The minimum absolute atomic E-state index is 0.00807. The average molecular weight is 671 g/mol. The van der Waals surface area contributed by atoms with Gasteiger partial charge in [0.15, 0.2) is 0 Å². The third-order valence-corrected chi connectivity index (χ3v) is 12.2. The predicted molar refractivity (Wildman–Crippen MR) is 176 cm³/mol. The lowest BCUT2D eigenvalue weighted by Gasteiger charge is -2.39. The first-order valence-corrected chi connectivity index (χ1v) is 18.4. The maximum atomic E-state index is 14.2. The van der Waals surface area contributed by atoms with Gasteiger partial charge in [-0.25, -0.2) is 4.98 Å². The van der Waals surface area contributed by atoms with Crippen LogP contribution in [-0.2, 0) is 35.1 Å². The number of nitrogens with zero attached hydrogens (tertiary/aromatic N) is 6. The molecule has 6 bridgehead atoms. The van der Waals surface area contributed by atoms with Crippen molar-refractivity contribution in [2.24, 2.45) is 11.8 Å². The fourth-order valence-electron chi connectivity index (χ4n) is 8.18. The van der Waals surface area contributed by atoms with Crippen LogP contribution in [0.2, 0.25) is 0 Å². The number of aryl methyl sites for hydroxylation is 1. The van der Waals surface area contributed by atoms with Gasteiger partial charge in [0.25, 0.3) is 0 Å². The summed E-state index contributed by atoms with van der Waals surface area (Å²) in [6, 6.07) is -0.0394. The van der Waals surface area contributed by atoms with Gasteiger partial charge in [0, 0.05) is 76.6 Å². The molecule has 1 aromatic heterocycles. The Morgan fingerprint density at radius 2 is 1.62 bits per heavy atom. The highest BCUT2D eigenvalue weighted by Crippen LogP contribution is 2.35. The largest absolute Gasteiger partial charge is 0.383 e. The highest BCUT2D eigenvalue weighted by molar-refractivity contribution is 7.11. The lowest BCUT2D eigenvalue weighted by Crippen LogP contribution is -2.51. The SMILES string of the molecule is COC[C@H]1CCCN1C(=O)CN1CC(=O)N2CCC(CC2)c2nc(c(C)s2)CC(=O)N2CC[C@@H](CC(=O)N3CCCC3)[C@@H](CC1=O)C2. The number of methoxy groups -OCH3 is 1. The normalized spacial score (nSPS) is 27.6. The number of ether oxygens (including phenoxy) is 1. The van der Waals surface area contributed by atoms with Crippen molar-refractivity contribution in [3.8, 4) is 0 Å². The highest BCUT2D eigenvalue weighted by atomic mass is 32.1. The summed E-state index contributed by atoms with van der Waals surface area (Å²) in [5, 5.41) is 1.03. The van der Waals surface area contributed by atoms with E-state index in [4.69, 9.17) is 9.72 Å². The molecule has 12 nitrogen and oxygen atoms in total. The number of hydrogen-bond donors (Lipinski definition) is 0. The molecule has 0 aliphatic carbocycles. The Morgan fingerprint density at radius 1 is 0.872 bits per heavy atom. The fourth-order valence-corrected chi connectivity index (χ4v) is 9.29. The Hall–Kier alpha value is -3.06. The van der Waals surface area contributed by atoms with Crippen LogP contribution in [0.5, 0.6) is 0 Å². The Bertz CT molecular complexity index is 1340. The Kier molecular flexibility index (Phi) is 10.8. The van der Waals surface area contributed by atoms with Gasteiger partial charge >= 0.3 is 0 Å². The Balaban J connectivity index is 1.26. The van der Waals surface area contributed by atoms with E-state index in [1.807, 2.05) is 21.6 Å². The van der Waals surface area contributed by atoms with E-state index in [1.54, 1.807) is 23.3 Å². The molecule has 13 heteroatoms. The van der Waals surface area contributed by atoms with E-state index in [0.29, 0.717) is 52.2 Å². The van der Waals surface area contributed by atoms with Gasteiger partial charge in [-0.3, -0.25) is 24.0 Å². The van der Waals surface area contributed by atoms with Gasteiger partial charge < -0.3 is 29.2 Å². The molecule has 0 unspecified atom stereocenters. The van der Waals surface area contributed by atoms with Crippen LogP contribution in [0.25, 0.3) is 0 Å². The van der Waals surface area contributed by atoms with E-state index < -0.39 is 0 Å². The zero-order chi connectivity index (χ0) is 33.1. The van der Waals surface area contributed by atoms with Crippen LogP contribution in [0.15, 0.2) is 0 Å². The third-order valence-electron chi connectivity index (χ3n) is 11.1. The predicted octanol–water partition coefficient (Wildman–Crippen LogP) is 2.05. The second kappa shape index (κ2) is 15.0. The molecule has 258 valence electrons. The molecule has 1 aromatic rings. The number of likely N-dealkylation sites (tertiary alicyclic amines) is 2. The summed E-state index contributed by atoms with van der Waals surface area (Å²) in [6.45, 7) is 6.29. The first-order valence-electron chi connectivity index (χ1n) is 17.6. The van der Waals surface area contributed by atoms with E-state index in [2.05, 4.69) is 0 Å². The van der Waals surface area contributed by atoms with Crippen molar-refractivity contribution >= 4 is 40.9 Å². The van der Waals surface area contributed by atoms with Gasteiger partial charge in [-0.15, -0.1) is 11.3 Å². The third kappa shape index (κ3) is 7.82. The van der Waals surface area contributed by atoms with Crippen molar-refractivity contribution in [1.82, 2.24) is 29.5 Å². The average Bonchev–Trinajstić information content (AvgIpc) is 3.84. The number of carbonyl (C=O) groups excluding carboxylic acids is 5. The van der Waals surface area contributed by atoms with Crippen LogP contribution >= 0.6 is 11.3 Å². The smallest absolute Gasteiger partial charge is 0.242 e. The zero-order valence-electron chi connectivity index (χ0n) is 28.0. The molecular weight excluding hydrogens is 620 g/mol. The first-order chi connectivity index (χ1) is 22.7. The van der Waals surface area contributed by atoms with Crippen LogP contribution in [0.3, 0.4) is 0 Å². The molecule has 0 aromatic carbocycles. The van der Waals surface area contributed by atoms with E-state index in [9.17, 15) is 24.0 Å². The lowest BCUT2D eigenvalue weighted by molar-refractivity contribution is -0.147. The molecule has 0 N–H and O–H groups in total. The Labute approximate surface area is 281 Å². The van der Waals surface area contributed by atoms with Crippen LogP contribution in [0.1, 0.15) is 79.3 Å². The second-order valence-corrected chi connectivity index (χ2v) is 15.4. The summed E-state index contributed by atoms with van der Waals surface area (Å²) >= 11 is 1.65. The molecule has 0 radical (unpaired) electrons. The zero-order valence-corrected chi connectivity index (χ0v) is 28.8. The van der Waals surface area contributed by atoms with Gasteiger partial charge in [0.1, 0.15) is 13.1 Å². The second-order valence-electron chi connectivity index (χ2n) is 14.1. The van der Waals surface area contributed by atoms with Crippen molar-refractivity contribution in [3.63, 3.8) is 0 Å². The molecule has 0 spiro atoms. The van der Waals surface area contributed by atoms with Gasteiger partial charge in [-0.2, -0.15) is 0 Å². The summed E-state index contributed by atoms with van der Waals surface area (Å²) in [5.74, 6) is -0.598. The number of piperidine rings is 2. The molecule has 7 heterocycles. The minimum atomic E-state index is -0.272. The summed E-state index contributed by atoms with van der Waals surface area (Å²) < 4.78 is 5.36. The van der Waals surface area contributed by atoms with E-state index >= 15 is 0 Å². The molecule has 6 aliphatic heterocycles. The molecule has 4 fully saturated rings. The molecule has 5 amide bonds. The van der Waals surface area contributed by atoms with Gasteiger partial charge in [0.2, 0.25) is 29.5 Å². The topological polar surface area (TPSA) is 124 Å². The van der Waals surface area contributed by atoms with E-state index in [1.165, 1.54) is 4.90 Å². The van der Waals surface area contributed by atoms with Crippen molar-refractivity contribution in [2.45, 2.75) is 83.1 Å². The summed E-state index contributed by atoms with van der Waals surface area (Å²) in [7, 11) is 1.62. The van der Waals surface area contributed by atoms with Crippen molar-refractivity contribution in [1.29, 1.82) is 0 Å². The lowest BCUT2D eigenvalue weighted by atomic mass is 9.80. The Morgan fingerprint density at radius 3 is 2.36 bits per heavy atom. The van der Waals surface area contributed by atoms with Crippen molar-refractivity contribution in [2.75, 3.05) is 72.6 Å². The fraction of sp³-hybridized carbons (Fsp3) is 0.765. The van der Waals surface area contributed by atoms with Crippen LogP contribution < -0.4 is 0 Å². The molecule has 6 aliphatic rings. The standard InChI is InChI=1S/C34H50N6O6S/c1-23-28-18-31(43)38-15-9-25(16-29(41)36-10-3-4-11-36)26(19-38)17-30(42)39(21-33(45)40-12-5-6-27(40)22-46-2)20-32(44)37-13-7-24(8-14-37)34(35-28)47-23/h24-27H,3-22H2,1-2H3/t25-,26-,27+/m0/s1. The number of carbonyl (C=O) groups is 5. The number of hydrogen-bond acceptors (Lipinski definition) is 8. The summed E-state index contributed by atoms with van der Waals surface area (Å²) in [5.41, 5.74) is 0.815. The maximum Gasteiger partial charge on any atom is 0.242 e. The number of aromatic nitrogens is 1. The monoisotopic (exact) mass is 670 g/mol. The van der Waals surface area contributed by atoms with E-state index in [0.717, 1.165) is 67.2 Å². The quantitative estimate of drug-likeness (QED) is 0.454. The van der Waals surface area contributed by atoms with Crippen LogP contribution in [-0.4, -0.2) is 138 Å². The van der Waals surface area contributed by atoms with Crippen LogP contribution in [0, 0.1) is 18.8 Å². The minimum Gasteiger partial charge on any atom is -0.383 e. The van der Waals surface area contributed by atoms with Crippen LogP contribution in [0.4, 0.5) is 0 Å². The summed E-state index contributed by atoms with van der Waals surface area (Å²) in [6.07, 6.45) is 6.55. The number of fused-ring (bicyclic) bond motifs is 7. The van der Waals surface area contributed by atoms with Crippen molar-refractivity contribution in [3.05, 3.63) is 15.6 Å². The van der Waals surface area contributed by atoms with Gasteiger partial charge in [-0.05, 0) is 63.7 Å².